The van der Waals surface area contributed by atoms with Gasteiger partial charge in [0.25, 0.3) is 5.91 Å². The highest BCUT2D eigenvalue weighted by Gasteiger charge is 2.24. The zero-order valence-corrected chi connectivity index (χ0v) is 10.5. The van der Waals surface area contributed by atoms with E-state index < -0.39 is 0 Å². The molecule has 1 aromatic heterocycles. The molecular formula is C13H20N2O2. The van der Waals surface area contributed by atoms with Crippen molar-refractivity contribution in [2.45, 2.75) is 32.7 Å². The van der Waals surface area contributed by atoms with Crippen LogP contribution >= 0.6 is 0 Å². The van der Waals surface area contributed by atoms with E-state index in [1.165, 1.54) is 0 Å². The standard InChI is InChI=1S/C13H20N2O2/c1-3-14-11-4-7-15(8-5-11)13(16)12-6-9-17-10(12)2/h6,9,11,14H,3-5,7-8H2,1-2H3. The first-order chi connectivity index (χ1) is 8.22. The van der Waals surface area contributed by atoms with Gasteiger partial charge in [-0.05, 0) is 32.4 Å². The van der Waals surface area contributed by atoms with Gasteiger partial charge in [0.1, 0.15) is 5.76 Å². The second kappa shape index (κ2) is 5.36. The molecule has 1 aromatic rings. The second-order valence-electron chi connectivity index (χ2n) is 4.51. The number of likely N-dealkylation sites (tertiary alicyclic amines) is 1. The van der Waals surface area contributed by atoms with Crippen molar-refractivity contribution in [2.75, 3.05) is 19.6 Å². The number of hydrogen-bond acceptors (Lipinski definition) is 3. The normalized spacial score (nSPS) is 17.4. The van der Waals surface area contributed by atoms with Crippen LogP contribution in [-0.2, 0) is 0 Å². The fourth-order valence-corrected chi connectivity index (χ4v) is 2.35. The number of nitrogens with zero attached hydrogens (tertiary/aromatic N) is 1. The minimum Gasteiger partial charge on any atom is -0.469 e. The van der Waals surface area contributed by atoms with Gasteiger partial charge in [-0.3, -0.25) is 4.79 Å². The average molecular weight is 236 g/mol. The van der Waals surface area contributed by atoms with E-state index in [0.717, 1.165) is 32.5 Å². The van der Waals surface area contributed by atoms with Gasteiger partial charge in [-0.1, -0.05) is 6.92 Å². The van der Waals surface area contributed by atoms with Crippen LogP contribution in [0.4, 0.5) is 0 Å². The van der Waals surface area contributed by atoms with Gasteiger partial charge in [0.05, 0.1) is 11.8 Å². The van der Waals surface area contributed by atoms with Gasteiger partial charge >= 0.3 is 0 Å². The molecule has 0 saturated carbocycles. The maximum absolute atomic E-state index is 12.2. The quantitative estimate of drug-likeness (QED) is 0.870. The van der Waals surface area contributed by atoms with E-state index in [0.29, 0.717) is 17.4 Å². The number of nitrogens with one attached hydrogen (secondary N) is 1. The summed E-state index contributed by atoms with van der Waals surface area (Å²) in [5, 5.41) is 3.43. The third-order valence-electron chi connectivity index (χ3n) is 3.36. The lowest BCUT2D eigenvalue weighted by Gasteiger charge is -2.32. The van der Waals surface area contributed by atoms with E-state index >= 15 is 0 Å². The van der Waals surface area contributed by atoms with Crippen LogP contribution in [0.1, 0.15) is 35.9 Å². The number of hydrogen-bond donors (Lipinski definition) is 1. The van der Waals surface area contributed by atoms with Crippen molar-refractivity contribution in [3.05, 3.63) is 23.7 Å². The van der Waals surface area contributed by atoms with Crippen LogP contribution in [0.5, 0.6) is 0 Å². The highest BCUT2D eigenvalue weighted by molar-refractivity contribution is 5.95. The Morgan fingerprint density at radius 2 is 2.24 bits per heavy atom. The number of rotatable bonds is 3. The molecule has 1 saturated heterocycles. The fraction of sp³-hybridized carbons (Fsp3) is 0.615. The van der Waals surface area contributed by atoms with Gasteiger partial charge in [0, 0.05) is 19.1 Å². The lowest BCUT2D eigenvalue weighted by Crippen LogP contribution is -2.44. The Bertz CT molecular complexity index is 379. The molecule has 94 valence electrons. The van der Waals surface area contributed by atoms with E-state index in [1.54, 1.807) is 12.3 Å². The Morgan fingerprint density at radius 3 is 2.76 bits per heavy atom. The summed E-state index contributed by atoms with van der Waals surface area (Å²) in [5.41, 5.74) is 0.701. The highest BCUT2D eigenvalue weighted by atomic mass is 16.3. The minimum absolute atomic E-state index is 0.103. The molecule has 2 heterocycles. The first kappa shape index (κ1) is 12.2. The van der Waals surface area contributed by atoms with Crippen LogP contribution in [0.3, 0.4) is 0 Å². The van der Waals surface area contributed by atoms with E-state index in [9.17, 15) is 4.79 Å². The van der Waals surface area contributed by atoms with Crippen molar-refractivity contribution in [3.63, 3.8) is 0 Å². The number of carbonyl (C=O) groups is 1. The molecule has 0 atom stereocenters. The van der Waals surface area contributed by atoms with Crippen LogP contribution in [-0.4, -0.2) is 36.5 Å². The Kier molecular flexibility index (Phi) is 3.84. The van der Waals surface area contributed by atoms with Gasteiger partial charge in [-0.2, -0.15) is 0 Å². The third kappa shape index (κ3) is 2.69. The molecule has 1 aliphatic rings. The van der Waals surface area contributed by atoms with Crippen molar-refractivity contribution >= 4 is 5.91 Å². The molecule has 0 spiro atoms. The van der Waals surface area contributed by atoms with E-state index in [1.807, 2.05) is 11.8 Å². The Hall–Kier alpha value is -1.29. The van der Waals surface area contributed by atoms with Crippen molar-refractivity contribution < 1.29 is 9.21 Å². The summed E-state index contributed by atoms with van der Waals surface area (Å²) in [6, 6.07) is 2.32. The zero-order chi connectivity index (χ0) is 12.3. The molecule has 4 nitrogen and oxygen atoms in total. The van der Waals surface area contributed by atoms with Crippen LogP contribution in [0.25, 0.3) is 0 Å². The van der Waals surface area contributed by atoms with Gasteiger partial charge in [-0.25, -0.2) is 0 Å². The van der Waals surface area contributed by atoms with Crippen LogP contribution < -0.4 is 5.32 Å². The molecule has 1 aliphatic heterocycles. The summed E-state index contributed by atoms with van der Waals surface area (Å²) in [4.78, 5) is 14.1. The van der Waals surface area contributed by atoms with E-state index in [4.69, 9.17) is 4.42 Å². The lowest BCUT2D eigenvalue weighted by atomic mass is 10.0. The smallest absolute Gasteiger partial charge is 0.257 e. The van der Waals surface area contributed by atoms with Gasteiger partial charge in [0.15, 0.2) is 0 Å². The van der Waals surface area contributed by atoms with Crippen molar-refractivity contribution in [3.8, 4) is 0 Å². The van der Waals surface area contributed by atoms with Crippen LogP contribution in [0.2, 0.25) is 0 Å². The molecule has 4 heteroatoms. The molecule has 0 radical (unpaired) electrons. The molecule has 0 unspecified atom stereocenters. The topological polar surface area (TPSA) is 45.5 Å². The average Bonchev–Trinajstić information content (AvgIpc) is 2.76. The van der Waals surface area contributed by atoms with Crippen molar-refractivity contribution in [1.82, 2.24) is 10.2 Å². The zero-order valence-electron chi connectivity index (χ0n) is 10.5. The Balaban J connectivity index is 1.93. The molecule has 0 bridgehead atoms. The maximum Gasteiger partial charge on any atom is 0.257 e. The van der Waals surface area contributed by atoms with Gasteiger partial charge in [0.2, 0.25) is 0 Å². The summed E-state index contributed by atoms with van der Waals surface area (Å²) in [7, 11) is 0. The Morgan fingerprint density at radius 1 is 1.53 bits per heavy atom. The molecule has 2 rings (SSSR count). The lowest BCUT2D eigenvalue weighted by molar-refractivity contribution is 0.0704. The SMILES string of the molecule is CCNC1CCN(C(=O)c2ccoc2C)CC1. The predicted octanol–water partition coefficient (Wildman–Crippen LogP) is 1.80. The summed E-state index contributed by atoms with van der Waals surface area (Å²) >= 11 is 0. The first-order valence-corrected chi connectivity index (χ1v) is 6.29. The van der Waals surface area contributed by atoms with Gasteiger partial charge < -0.3 is 14.6 Å². The first-order valence-electron chi connectivity index (χ1n) is 6.29. The summed E-state index contributed by atoms with van der Waals surface area (Å²) in [5.74, 6) is 0.815. The maximum atomic E-state index is 12.2. The largest absolute Gasteiger partial charge is 0.469 e. The van der Waals surface area contributed by atoms with Crippen LogP contribution in [0.15, 0.2) is 16.7 Å². The number of furan rings is 1. The number of aryl methyl sites for hydroxylation is 1. The van der Waals surface area contributed by atoms with Crippen LogP contribution in [0, 0.1) is 6.92 Å². The minimum atomic E-state index is 0.103. The monoisotopic (exact) mass is 236 g/mol. The Labute approximate surface area is 102 Å². The summed E-state index contributed by atoms with van der Waals surface area (Å²) in [6.45, 7) is 6.62. The number of carbonyl (C=O) groups excluding carboxylic acids is 1. The molecule has 0 aromatic carbocycles. The van der Waals surface area contributed by atoms with E-state index in [2.05, 4.69) is 12.2 Å². The summed E-state index contributed by atoms with van der Waals surface area (Å²) in [6.07, 6.45) is 3.65. The fourth-order valence-electron chi connectivity index (χ4n) is 2.35. The molecule has 1 fully saturated rings. The molecule has 17 heavy (non-hydrogen) atoms. The number of amides is 1. The van der Waals surface area contributed by atoms with Gasteiger partial charge in [-0.15, -0.1) is 0 Å². The molecule has 1 N–H and O–H groups in total. The highest BCUT2D eigenvalue weighted by Crippen LogP contribution is 2.16. The van der Waals surface area contributed by atoms with Crippen molar-refractivity contribution in [2.24, 2.45) is 0 Å². The molecule has 0 aliphatic carbocycles. The van der Waals surface area contributed by atoms with E-state index in [-0.39, 0.29) is 5.91 Å². The predicted molar refractivity (Wildman–Crippen MR) is 66.0 cm³/mol. The summed E-state index contributed by atoms with van der Waals surface area (Å²) < 4.78 is 5.18. The molecular weight excluding hydrogens is 216 g/mol. The number of piperidine rings is 1. The second-order valence-corrected chi connectivity index (χ2v) is 4.51. The van der Waals surface area contributed by atoms with Crippen molar-refractivity contribution in [1.29, 1.82) is 0 Å². The molecule has 1 amide bonds. The third-order valence-corrected chi connectivity index (χ3v) is 3.36.